The number of imidazole rings is 1. The Labute approximate surface area is 132 Å². The third-order valence-electron chi connectivity index (χ3n) is 3.64. The number of benzene rings is 2. The van der Waals surface area contributed by atoms with Gasteiger partial charge in [0.1, 0.15) is 5.82 Å². The van der Waals surface area contributed by atoms with Crippen LogP contribution in [-0.4, -0.2) is 9.55 Å². The number of fused-ring (bicyclic) bond motifs is 1. The summed E-state index contributed by atoms with van der Waals surface area (Å²) in [6.07, 6.45) is 1.06. The molecule has 0 atom stereocenters. The number of para-hydroxylation sites is 1. The molecule has 0 fully saturated rings. The summed E-state index contributed by atoms with van der Waals surface area (Å²) in [4.78, 5) is 4.83. The first-order chi connectivity index (χ1) is 10.1. The Hall–Kier alpha value is -1.81. The molecule has 0 radical (unpaired) electrons. The Morgan fingerprint density at radius 2 is 2.05 bits per heavy atom. The van der Waals surface area contributed by atoms with E-state index in [0.717, 1.165) is 45.5 Å². The summed E-state index contributed by atoms with van der Waals surface area (Å²) in [6.45, 7) is 5.19. The van der Waals surface area contributed by atoms with Gasteiger partial charge < -0.3 is 10.3 Å². The molecule has 2 N–H and O–H groups in total. The van der Waals surface area contributed by atoms with Crippen LogP contribution in [0.3, 0.4) is 0 Å². The van der Waals surface area contributed by atoms with E-state index in [1.54, 1.807) is 0 Å². The van der Waals surface area contributed by atoms with E-state index < -0.39 is 0 Å². The first-order valence-electron chi connectivity index (χ1n) is 7.13. The lowest BCUT2D eigenvalue weighted by Crippen LogP contribution is -2.02. The first-order valence-corrected chi connectivity index (χ1v) is 7.92. The predicted molar refractivity (Wildman–Crippen MR) is 92.3 cm³/mol. The van der Waals surface area contributed by atoms with Crippen LogP contribution in [0.2, 0.25) is 0 Å². The van der Waals surface area contributed by atoms with Gasteiger partial charge in [-0.1, -0.05) is 19.1 Å². The molecule has 0 bridgehead atoms. The fourth-order valence-corrected chi connectivity index (χ4v) is 2.99. The lowest BCUT2D eigenvalue weighted by atomic mass is 10.1. The molecule has 0 saturated carbocycles. The van der Waals surface area contributed by atoms with E-state index in [1.165, 1.54) is 5.56 Å². The molecular weight excluding hydrogens is 326 g/mol. The number of hydrogen-bond acceptors (Lipinski definition) is 2. The Bertz CT molecular complexity index is 805. The zero-order valence-corrected chi connectivity index (χ0v) is 13.8. The maximum atomic E-state index is 6.23. The van der Waals surface area contributed by atoms with Crippen molar-refractivity contribution >= 4 is 32.7 Å². The van der Waals surface area contributed by atoms with E-state index >= 15 is 0 Å². The van der Waals surface area contributed by atoms with Gasteiger partial charge >= 0.3 is 0 Å². The molecule has 0 unspecified atom stereocenters. The molecule has 0 aliphatic heterocycles. The maximum Gasteiger partial charge on any atom is 0.143 e. The van der Waals surface area contributed by atoms with E-state index in [9.17, 15) is 0 Å². The van der Waals surface area contributed by atoms with Crippen LogP contribution in [0, 0.1) is 6.92 Å². The van der Waals surface area contributed by atoms with Crippen LogP contribution in [-0.2, 0) is 6.54 Å². The van der Waals surface area contributed by atoms with Crippen LogP contribution in [0.15, 0.2) is 40.9 Å². The number of nitrogen functional groups attached to an aromatic ring is 1. The Kier molecular flexibility index (Phi) is 3.72. The molecule has 21 heavy (non-hydrogen) atoms. The molecule has 0 saturated heterocycles. The van der Waals surface area contributed by atoms with Gasteiger partial charge in [-0.15, -0.1) is 0 Å². The minimum Gasteiger partial charge on any atom is -0.397 e. The second-order valence-electron chi connectivity index (χ2n) is 5.28. The molecule has 1 heterocycles. The molecule has 3 aromatic rings. The summed E-state index contributed by atoms with van der Waals surface area (Å²) >= 11 is 3.50. The molecule has 0 aliphatic rings. The van der Waals surface area contributed by atoms with Gasteiger partial charge in [-0.2, -0.15) is 0 Å². The second-order valence-corrected chi connectivity index (χ2v) is 6.13. The van der Waals surface area contributed by atoms with Gasteiger partial charge in [0.15, 0.2) is 0 Å². The highest BCUT2D eigenvalue weighted by Crippen LogP contribution is 2.33. The van der Waals surface area contributed by atoms with E-state index in [2.05, 4.69) is 52.5 Å². The van der Waals surface area contributed by atoms with Crippen molar-refractivity contribution in [2.45, 2.75) is 26.8 Å². The number of anilines is 1. The van der Waals surface area contributed by atoms with Gasteiger partial charge in [-0.05, 0) is 59.1 Å². The van der Waals surface area contributed by atoms with Crippen LogP contribution in [0.1, 0.15) is 18.9 Å². The van der Waals surface area contributed by atoms with Crippen molar-refractivity contribution in [2.24, 2.45) is 0 Å². The molecule has 0 aliphatic carbocycles. The van der Waals surface area contributed by atoms with Crippen LogP contribution in [0.4, 0.5) is 5.69 Å². The van der Waals surface area contributed by atoms with Gasteiger partial charge in [0, 0.05) is 16.6 Å². The average molecular weight is 344 g/mol. The smallest absolute Gasteiger partial charge is 0.143 e. The number of rotatable bonds is 3. The van der Waals surface area contributed by atoms with Crippen molar-refractivity contribution < 1.29 is 0 Å². The molecule has 4 heteroatoms. The van der Waals surface area contributed by atoms with E-state index in [1.807, 2.05) is 18.2 Å². The quantitative estimate of drug-likeness (QED) is 0.696. The van der Waals surface area contributed by atoms with Gasteiger partial charge in [0.25, 0.3) is 0 Å². The normalized spacial score (nSPS) is 11.2. The SMILES string of the molecule is CCCn1c(-c2cccc(Br)c2N)nc2cc(C)ccc21. The molecular formula is C17H18BrN3. The highest BCUT2D eigenvalue weighted by Gasteiger charge is 2.15. The van der Waals surface area contributed by atoms with Crippen LogP contribution >= 0.6 is 15.9 Å². The van der Waals surface area contributed by atoms with Gasteiger partial charge in [-0.3, -0.25) is 0 Å². The molecule has 3 rings (SSSR count). The number of aromatic nitrogens is 2. The fraction of sp³-hybridized carbons (Fsp3) is 0.235. The van der Waals surface area contributed by atoms with Crippen molar-refractivity contribution in [1.82, 2.24) is 9.55 Å². The number of hydrogen-bond donors (Lipinski definition) is 1. The highest BCUT2D eigenvalue weighted by atomic mass is 79.9. The third-order valence-corrected chi connectivity index (χ3v) is 4.34. The monoisotopic (exact) mass is 343 g/mol. The first kappa shape index (κ1) is 14.1. The van der Waals surface area contributed by atoms with Crippen LogP contribution < -0.4 is 5.73 Å². The summed E-state index contributed by atoms with van der Waals surface area (Å²) in [5, 5.41) is 0. The van der Waals surface area contributed by atoms with Crippen LogP contribution in [0.5, 0.6) is 0 Å². The van der Waals surface area contributed by atoms with Crippen molar-refractivity contribution in [3.63, 3.8) is 0 Å². The van der Waals surface area contributed by atoms with E-state index in [0.29, 0.717) is 0 Å². The number of aryl methyl sites for hydroxylation is 2. The second kappa shape index (κ2) is 5.53. The van der Waals surface area contributed by atoms with Crippen molar-refractivity contribution in [3.05, 3.63) is 46.4 Å². The Balaban J connectivity index is 2.30. The summed E-state index contributed by atoms with van der Waals surface area (Å²) < 4.78 is 3.17. The predicted octanol–water partition coefficient (Wildman–Crippen LogP) is 4.77. The lowest BCUT2D eigenvalue weighted by molar-refractivity contribution is 0.704. The Morgan fingerprint density at radius 3 is 2.81 bits per heavy atom. The van der Waals surface area contributed by atoms with E-state index in [4.69, 9.17) is 10.7 Å². The molecule has 3 nitrogen and oxygen atoms in total. The zero-order valence-electron chi connectivity index (χ0n) is 12.2. The van der Waals surface area contributed by atoms with Gasteiger partial charge in [-0.25, -0.2) is 4.98 Å². The summed E-state index contributed by atoms with van der Waals surface area (Å²) in [6, 6.07) is 12.4. The summed E-state index contributed by atoms with van der Waals surface area (Å²) in [5.74, 6) is 0.941. The molecule has 108 valence electrons. The highest BCUT2D eigenvalue weighted by molar-refractivity contribution is 9.10. The molecule has 0 amide bonds. The lowest BCUT2D eigenvalue weighted by Gasteiger charge is -2.10. The number of nitrogens with zero attached hydrogens (tertiary/aromatic N) is 2. The van der Waals surface area contributed by atoms with Crippen molar-refractivity contribution in [2.75, 3.05) is 5.73 Å². The largest absolute Gasteiger partial charge is 0.397 e. The summed E-state index contributed by atoms with van der Waals surface area (Å²) in [5.41, 5.74) is 11.4. The molecule has 1 aromatic heterocycles. The fourth-order valence-electron chi connectivity index (χ4n) is 2.63. The molecule has 2 aromatic carbocycles. The molecule has 0 spiro atoms. The van der Waals surface area contributed by atoms with Crippen LogP contribution in [0.25, 0.3) is 22.4 Å². The third kappa shape index (κ3) is 2.44. The van der Waals surface area contributed by atoms with Gasteiger partial charge in [0.2, 0.25) is 0 Å². The standard InChI is InChI=1S/C17H18BrN3/c1-3-9-21-15-8-7-11(2)10-14(15)20-17(21)12-5-4-6-13(18)16(12)19/h4-8,10H,3,9,19H2,1-2H3. The van der Waals surface area contributed by atoms with Crippen molar-refractivity contribution in [3.8, 4) is 11.4 Å². The van der Waals surface area contributed by atoms with E-state index in [-0.39, 0.29) is 0 Å². The van der Waals surface area contributed by atoms with Gasteiger partial charge in [0.05, 0.1) is 16.7 Å². The topological polar surface area (TPSA) is 43.8 Å². The van der Waals surface area contributed by atoms with Crippen molar-refractivity contribution in [1.29, 1.82) is 0 Å². The minimum atomic E-state index is 0.738. The number of halogens is 1. The maximum absolute atomic E-state index is 6.23. The zero-order chi connectivity index (χ0) is 15.0. The Morgan fingerprint density at radius 1 is 1.24 bits per heavy atom. The average Bonchev–Trinajstić information content (AvgIpc) is 2.80. The minimum absolute atomic E-state index is 0.738. The number of nitrogens with two attached hydrogens (primary N) is 1. The summed E-state index contributed by atoms with van der Waals surface area (Å²) in [7, 11) is 0.